The normalized spacial score (nSPS) is 19.2. The highest BCUT2D eigenvalue weighted by atomic mass is 19.1. The summed E-state index contributed by atoms with van der Waals surface area (Å²) in [5.41, 5.74) is 7.49. The highest BCUT2D eigenvalue weighted by Gasteiger charge is 2.24. The van der Waals surface area contributed by atoms with Gasteiger partial charge in [0.15, 0.2) is 0 Å². The van der Waals surface area contributed by atoms with Gasteiger partial charge in [-0.25, -0.2) is 4.39 Å². The molecule has 1 aliphatic rings. The largest absolute Gasteiger partial charge is 0.330 e. The van der Waals surface area contributed by atoms with Crippen LogP contribution in [0.2, 0.25) is 0 Å². The molecule has 1 saturated heterocycles. The van der Waals surface area contributed by atoms with Crippen LogP contribution in [0.5, 0.6) is 0 Å². The molecule has 1 unspecified atom stereocenters. The zero-order valence-electron chi connectivity index (χ0n) is 10.2. The van der Waals surface area contributed by atoms with E-state index >= 15 is 0 Å². The molecular formula is C14H21FN2. The van der Waals surface area contributed by atoms with Gasteiger partial charge in [0.25, 0.3) is 0 Å². The second-order valence-electron chi connectivity index (χ2n) is 4.77. The lowest BCUT2D eigenvalue weighted by Gasteiger charge is -2.26. The van der Waals surface area contributed by atoms with Gasteiger partial charge in [-0.15, -0.1) is 0 Å². The minimum absolute atomic E-state index is 0.171. The molecule has 94 valence electrons. The van der Waals surface area contributed by atoms with E-state index in [1.165, 1.54) is 0 Å². The molecule has 0 spiro atoms. The maximum Gasteiger partial charge on any atom is 0.128 e. The summed E-state index contributed by atoms with van der Waals surface area (Å²) in [7, 11) is 0. The highest BCUT2D eigenvalue weighted by Crippen LogP contribution is 2.32. The number of rotatable bonds is 4. The molecule has 1 aromatic rings. The molecule has 1 heterocycles. The van der Waals surface area contributed by atoms with Crippen LogP contribution in [0.1, 0.15) is 30.1 Å². The van der Waals surface area contributed by atoms with Crippen LogP contribution >= 0.6 is 0 Å². The van der Waals surface area contributed by atoms with E-state index in [1.54, 1.807) is 0 Å². The molecule has 1 aromatic carbocycles. The van der Waals surface area contributed by atoms with Crippen molar-refractivity contribution in [2.75, 3.05) is 19.6 Å². The summed E-state index contributed by atoms with van der Waals surface area (Å²) >= 11 is 0. The van der Waals surface area contributed by atoms with Gasteiger partial charge in [-0.2, -0.15) is 0 Å². The van der Waals surface area contributed by atoms with E-state index < -0.39 is 6.17 Å². The Bertz CT molecular complexity index is 348. The fourth-order valence-electron chi connectivity index (χ4n) is 2.50. The molecule has 1 aliphatic heterocycles. The lowest BCUT2D eigenvalue weighted by atomic mass is 9.88. The van der Waals surface area contributed by atoms with Gasteiger partial charge in [0, 0.05) is 0 Å². The second-order valence-corrected chi connectivity index (χ2v) is 4.77. The second kappa shape index (κ2) is 6.12. The average Bonchev–Trinajstić information content (AvgIpc) is 2.40. The van der Waals surface area contributed by atoms with Crippen molar-refractivity contribution in [2.24, 2.45) is 11.7 Å². The first-order chi connectivity index (χ1) is 8.31. The Morgan fingerprint density at radius 1 is 1.35 bits per heavy atom. The molecule has 17 heavy (non-hydrogen) atoms. The van der Waals surface area contributed by atoms with Gasteiger partial charge in [0.2, 0.25) is 0 Å². The number of alkyl halides is 1. The molecule has 0 aromatic heterocycles. The van der Waals surface area contributed by atoms with Crippen LogP contribution in [0, 0.1) is 5.92 Å². The predicted molar refractivity (Wildman–Crippen MR) is 68.6 cm³/mol. The van der Waals surface area contributed by atoms with E-state index in [-0.39, 0.29) is 5.92 Å². The molecule has 2 rings (SSSR count). The Morgan fingerprint density at radius 2 is 2.12 bits per heavy atom. The third-order valence-corrected chi connectivity index (χ3v) is 3.50. The van der Waals surface area contributed by atoms with Gasteiger partial charge < -0.3 is 11.1 Å². The monoisotopic (exact) mass is 236 g/mol. The molecule has 0 radical (unpaired) electrons. The summed E-state index contributed by atoms with van der Waals surface area (Å²) in [4.78, 5) is 0. The first-order valence-electron chi connectivity index (χ1n) is 6.45. The maximum atomic E-state index is 14.4. The van der Waals surface area contributed by atoms with Crippen LogP contribution in [0.3, 0.4) is 0 Å². The Balaban J connectivity index is 2.06. The van der Waals surface area contributed by atoms with Crippen molar-refractivity contribution in [1.82, 2.24) is 5.32 Å². The summed E-state index contributed by atoms with van der Waals surface area (Å²) in [6, 6.07) is 7.83. The van der Waals surface area contributed by atoms with Crippen LogP contribution in [-0.4, -0.2) is 19.6 Å². The standard InChI is InChI=1S/C14H21FN2/c15-14(12-5-8-17-9-6-12)13-3-1-2-11(10-13)4-7-16/h1-3,10,12,14,17H,4-9,16H2. The number of halogens is 1. The first-order valence-corrected chi connectivity index (χ1v) is 6.45. The number of hydrogen-bond donors (Lipinski definition) is 2. The van der Waals surface area contributed by atoms with Crippen LogP contribution in [0.15, 0.2) is 24.3 Å². The van der Waals surface area contributed by atoms with Crippen LogP contribution in [-0.2, 0) is 6.42 Å². The van der Waals surface area contributed by atoms with E-state index in [4.69, 9.17) is 5.73 Å². The summed E-state index contributed by atoms with van der Waals surface area (Å²) in [5, 5.41) is 3.27. The lowest BCUT2D eigenvalue weighted by molar-refractivity contribution is 0.190. The van der Waals surface area contributed by atoms with Gasteiger partial charge in [-0.05, 0) is 55.9 Å². The third kappa shape index (κ3) is 3.27. The van der Waals surface area contributed by atoms with Gasteiger partial charge in [0.05, 0.1) is 0 Å². The van der Waals surface area contributed by atoms with Crippen LogP contribution in [0.25, 0.3) is 0 Å². The van der Waals surface area contributed by atoms with Crippen molar-refractivity contribution in [3.8, 4) is 0 Å². The predicted octanol–water partition coefficient (Wildman–Crippen LogP) is 2.20. The number of piperidine rings is 1. The summed E-state index contributed by atoms with van der Waals surface area (Å²) in [6.45, 7) is 2.49. The molecule has 0 amide bonds. The number of nitrogens with one attached hydrogen (secondary N) is 1. The summed E-state index contributed by atoms with van der Waals surface area (Å²) < 4.78 is 14.4. The molecule has 1 fully saturated rings. The number of benzene rings is 1. The highest BCUT2D eigenvalue weighted by molar-refractivity contribution is 5.26. The van der Waals surface area contributed by atoms with Gasteiger partial charge in [-0.1, -0.05) is 24.3 Å². The lowest BCUT2D eigenvalue weighted by Crippen LogP contribution is -2.29. The van der Waals surface area contributed by atoms with E-state index in [2.05, 4.69) is 5.32 Å². The molecule has 0 aliphatic carbocycles. The van der Waals surface area contributed by atoms with Gasteiger partial charge in [-0.3, -0.25) is 0 Å². The quantitative estimate of drug-likeness (QED) is 0.841. The molecule has 1 atom stereocenters. The Morgan fingerprint density at radius 3 is 2.82 bits per heavy atom. The Hall–Kier alpha value is -0.930. The van der Waals surface area contributed by atoms with Gasteiger partial charge >= 0.3 is 0 Å². The zero-order valence-corrected chi connectivity index (χ0v) is 10.2. The first kappa shape index (κ1) is 12.5. The van der Waals surface area contributed by atoms with E-state index in [1.807, 2.05) is 24.3 Å². The minimum atomic E-state index is -0.824. The average molecular weight is 236 g/mol. The Labute approximate surface area is 102 Å². The van der Waals surface area contributed by atoms with Crippen LogP contribution < -0.4 is 11.1 Å². The molecule has 0 saturated carbocycles. The number of nitrogens with two attached hydrogens (primary N) is 1. The fraction of sp³-hybridized carbons (Fsp3) is 0.571. The van der Waals surface area contributed by atoms with Crippen molar-refractivity contribution < 1.29 is 4.39 Å². The topological polar surface area (TPSA) is 38.0 Å². The zero-order chi connectivity index (χ0) is 12.1. The smallest absolute Gasteiger partial charge is 0.128 e. The summed E-state index contributed by atoms with van der Waals surface area (Å²) in [6.07, 6.45) is 1.87. The van der Waals surface area contributed by atoms with Crippen molar-refractivity contribution in [3.63, 3.8) is 0 Å². The minimum Gasteiger partial charge on any atom is -0.330 e. The maximum absolute atomic E-state index is 14.4. The van der Waals surface area contributed by atoms with Crippen molar-refractivity contribution >= 4 is 0 Å². The van der Waals surface area contributed by atoms with E-state index in [0.717, 1.165) is 43.5 Å². The van der Waals surface area contributed by atoms with Crippen molar-refractivity contribution in [1.29, 1.82) is 0 Å². The summed E-state index contributed by atoms with van der Waals surface area (Å²) in [5.74, 6) is 0.171. The fourth-order valence-corrected chi connectivity index (χ4v) is 2.50. The van der Waals surface area contributed by atoms with E-state index in [0.29, 0.717) is 6.54 Å². The van der Waals surface area contributed by atoms with Crippen LogP contribution in [0.4, 0.5) is 4.39 Å². The third-order valence-electron chi connectivity index (χ3n) is 3.50. The van der Waals surface area contributed by atoms with Gasteiger partial charge in [0.1, 0.15) is 6.17 Å². The molecule has 3 heteroatoms. The number of hydrogen-bond acceptors (Lipinski definition) is 2. The molecular weight excluding hydrogens is 215 g/mol. The van der Waals surface area contributed by atoms with Crippen molar-refractivity contribution in [2.45, 2.75) is 25.4 Å². The van der Waals surface area contributed by atoms with Crippen molar-refractivity contribution in [3.05, 3.63) is 35.4 Å². The molecule has 0 bridgehead atoms. The van der Waals surface area contributed by atoms with E-state index in [9.17, 15) is 4.39 Å². The molecule has 3 N–H and O–H groups in total. The Kier molecular flexibility index (Phi) is 4.51. The SMILES string of the molecule is NCCc1cccc(C(F)C2CCNCC2)c1. The molecule has 2 nitrogen and oxygen atoms in total.